The van der Waals surface area contributed by atoms with Crippen LogP contribution in [0.4, 0.5) is 0 Å². The van der Waals surface area contributed by atoms with E-state index in [-0.39, 0.29) is 11.2 Å². The average molecular weight is 421 g/mol. The Morgan fingerprint density at radius 2 is 2.11 bits per heavy atom. The second-order valence-corrected chi connectivity index (χ2v) is 7.76. The first-order chi connectivity index (χ1) is 13.6. The number of hydrogen-bond donors (Lipinski definition) is 1. The summed E-state index contributed by atoms with van der Waals surface area (Å²) in [5.41, 5.74) is 0.898. The molecule has 1 atom stereocenters. The van der Waals surface area contributed by atoms with Gasteiger partial charge in [-0.15, -0.1) is 10.2 Å². The molecule has 0 saturated heterocycles. The summed E-state index contributed by atoms with van der Waals surface area (Å²) in [5, 5.41) is 12.4. The van der Waals surface area contributed by atoms with Gasteiger partial charge in [0.15, 0.2) is 11.0 Å². The van der Waals surface area contributed by atoms with Gasteiger partial charge in [0.2, 0.25) is 5.91 Å². The number of methoxy groups -OCH3 is 1. The zero-order chi connectivity index (χ0) is 19.9. The van der Waals surface area contributed by atoms with E-state index in [9.17, 15) is 4.79 Å². The minimum absolute atomic E-state index is 0.101. The first kappa shape index (κ1) is 20.4. The number of nitrogens with one attached hydrogen (secondary N) is 1. The van der Waals surface area contributed by atoms with Gasteiger partial charge in [-0.3, -0.25) is 9.36 Å². The summed E-state index contributed by atoms with van der Waals surface area (Å²) in [6, 6.07) is 11.0. The van der Waals surface area contributed by atoms with E-state index in [0.717, 1.165) is 5.56 Å². The number of aromatic nitrogens is 3. The first-order valence-electron chi connectivity index (χ1n) is 8.73. The summed E-state index contributed by atoms with van der Waals surface area (Å²) in [6.07, 6.45) is 1.58. The lowest BCUT2D eigenvalue weighted by molar-refractivity contribution is -0.120. The van der Waals surface area contributed by atoms with Crippen LogP contribution < -0.4 is 5.32 Å². The molecule has 7 nitrogen and oxygen atoms in total. The van der Waals surface area contributed by atoms with E-state index in [0.29, 0.717) is 41.5 Å². The molecule has 2 aromatic heterocycles. The van der Waals surface area contributed by atoms with Crippen molar-refractivity contribution in [2.24, 2.45) is 0 Å². The molecule has 2 heterocycles. The number of hydrogen-bond acceptors (Lipinski definition) is 6. The van der Waals surface area contributed by atoms with Crippen LogP contribution in [0, 0.1) is 0 Å². The average Bonchev–Trinajstić information content (AvgIpc) is 3.35. The summed E-state index contributed by atoms with van der Waals surface area (Å²) in [7, 11) is 1.64. The minimum Gasteiger partial charge on any atom is -0.467 e. The third-order valence-electron chi connectivity index (χ3n) is 4.01. The molecule has 0 aliphatic rings. The molecule has 148 valence electrons. The van der Waals surface area contributed by atoms with Crippen LogP contribution in [0.1, 0.15) is 12.7 Å². The van der Waals surface area contributed by atoms with E-state index in [1.54, 1.807) is 19.4 Å². The monoisotopic (exact) mass is 420 g/mol. The molecule has 0 radical (unpaired) electrons. The van der Waals surface area contributed by atoms with Crippen LogP contribution in [0.2, 0.25) is 5.02 Å². The third kappa shape index (κ3) is 5.15. The highest BCUT2D eigenvalue weighted by molar-refractivity contribution is 8.00. The van der Waals surface area contributed by atoms with Gasteiger partial charge in [-0.1, -0.05) is 23.4 Å². The Hall–Kier alpha value is -2.29. The van der Waals surface area contributed by atoms with E-state index in [1.165, 1.54) is 11.8 Å². The fourth-order valence-electron chi connectivity index (χ4n) is 2.52. The Balaban J connectivity index is 1.73. The van der Waals surface area contributed by atoms with Crippen molar-refractivity contribution in [2.75, 3.05) is 13.7 Å². The quantitative estimate of drug-likeness (QED) is 0.532. The third-order valence-corrected chi connectivity index (χ3v) is 5.34. The SMILES string of the molecule is COCCn1c(S[C@@H](C)C(=O)NCc2ccco2)nnc1-c1ccc(Cl)cc1. The minimum atomic E-state index is -0.349. The molecule has 0 bridgehead atoms. The highest BCUT2D eigenvalue weighted by Crippen LogP contribution is 2.27. The van der Waals surface area contributed by atoms with E-state index in [4.69, 9.17) is 20.8 Å². The van der Waals surface area contributed by atoms with Crippen LogP contribution in [0.25, 0.3) is 11.4 Å². The second kappa shape index (κ2) is 9.77. The maximum atomic E-state index is 12.4. The van der Waals surface area contributed by atoms with E-state index < -0.39 is 0 Å². The maximum absolute atomic E-state index is 12.4. The molecule has 0 spiro atoms. The van der Waals surface area contributed by atoms with Crippen molar-refractivity contribution < 1.29 is 13.9 Å². The van der Waals surface area contributed by atoms with E-state index in [1.807, 2.05) is 41.8 Å². The lowest BCUT2D eigenvalue weighted by Crippen LogP contribution is -2.30. The molecule has 3 rings (SSSR count). The van der Waals surface area contributed by atoms with Gasteiger partial charge in [-0.2, -0.15) is 0 Å². The van der Waals surface area contributed by atoms with E-state index >= 15 is 0 Å². The normalized spacial score (nSPS) is 12.1. The van der Waals surface area contributed by atoms with Crippen molar-refractivity contribution in [3.63, 3.8) is 0 Å². The molecular weight excluding hydrogens is 400 g/mol. The van der Waals surface area contributed by atoms with Crippen molar-refractivity contribution in [1.29, 1.82) is 0 Å². The van der Waals surface area contributed by atoms with Crippen LogP contribution in [0.15, 0.2) is 52.2 Å². The predicted molar refractivity (Wildman–Crippen MR) is 108 cm³/mol. The van der Waals surface area contributed by atoms with Crippen LogP contribution in [-0.2, 0) is 22.6 Å². The van der Waals surface area contributed by atoms with Crippen LogP contribution in [-0.4, -0.2) is 39.6 Å². The standard InChI is InChI=1S/C19H21ClN4O3S/c1-13(18(25)21-12-16-4-3-10-27-16)28-19-23-22-17(24(19)9-11-26-2)14-5-7-15(20)8-6-14/h3-8,10,13H,9,11-12H2,1-2H3,(H,21,25)/t13-/m0/s1. The van der Waals surface area contributed by atoms with Crippen molar-refractivity contribution in [3.8, 4) is 11.4 Å². The summed E-state index contributed by atoms with van der Waals surface area (Å²) >= 11 is 7.33. The molecule has 1 N–H and O–H groups in total. The van der Waals surface area contributed by atoms with Gasteiger partial charge in [-0.05, 0) is 43.3 Å². The molecular formula is C19H21ClN4O3S. The molecule has 1 amide bonds. The molecule has 3 aromatic rings. The molecule has 0 saturated carbocycles. The number of thioether (sulfide) groups is 1. The van der Waals surface area contributed by atoms with Crippen molar-refractivity contribution in [3.05, 3.63) is 53.4 Å². The van der Waals surface area contributed by atoms with Gasteiger partial charge in [0.1, 0.15) is 5.76 Å². The van der Waals surface area contributed by atoms with E-state index in [2.05, 4.69) is 15.5 Å². The maximum Gasteiger partial charge on any atom is 0.233 e. The zero-order valence-electron chi connectivity index (χ0n) is 15.6. The van der Waals surface area contributed by atoms with Crippen LogP contribution in [0.3, 0.4) is 0 Å². The molecule has 0 aliphatic heterocycles. The topological polar surface area (TPSA) is 82.2 Å². The summed E-state index contributed by atoms with van der Waals surface area (Å²) in [5.74, 6) is 1.31. The van der Waals surface area contributed by atoms with Gasteiger partial charge in [0.05, 0.1) is 31.2 Å². The molecule has 28 heavy (non-hydrogen) atoms. The number of carbonyl (C=O) groups excluding carboxylic acids is 1. The number of nitrogens with zero attached hydrogens (tertiary/aromatic N) is 3. The lowest BCUT2D eigenvalue weighted by atomic mass is 10.2. The Morgan fingerprint density at radius 1 is 1.32 bits per heavy atom. The van der Waals surface area contributed by atoms with Crippen LogP contribution >= 0.6 is 23.4 Å². The number of ether oxygens (including phenoxy) is 1. The highest BCUT2D eigenvalue weighted by atomic mass is 35.5. The number of rotatable bonds is 9. The number of benzene rings is 1. The largest absolute Gasteiger partial charge is 0.467 e. The summed E-state index contributed by atoms with van der Waals surface area (Å²) < 4.78 is 12.4. The summed E-state index contributed by atoms with van der Waals surface area (Å²) in [6.45, 7) is 3.26. The number of furan rings is 1. The van der Waals surface area contributed by atoms with Gasteiger partial charge >= 0.3 is 0 Å². The number of carbonyl (C=O) groups is 1. The molecule has 1 aromatic carbocycles. The Labute approximate surface area is 172 Å². The Kier molecular flexibility index (Phi) is 7.13. The van der Waals surface area contributed by atoms with Crippen molar-refractivity contribution >= 4 is 29.3 Å². The van der Waals surface area contributed by atoms with Gasteiger partial charge in [0.25, 0.3) is 0 Å². The Bertz CT molecular complexity index is 897. The smallest absolute Gasteiger partial charge is 0.233 e. The van der Waals surface area contributed by atoms with Gasteiger partial charge < -0.3 is 14.5 Å². The van der Waals surface area contributed by atoms with Crippen molar-refractivity contribution in [2.45, 2.75) is 30.4 Å². The molecule has 0 fully saturated rings. The van der Waals surface area contributed by atoms with Gasteiger partial charge in [0, 0.05) is 17.7 Å². The van der Waals surface area contributed by atoms with Gasteiger partial charge in [-0.25, -0.2) is 0 Å². The summed E-state index contributed by atoms with van der Waals surface area (Å²) in [4.78, 5) is 12.4. The Morgan fingerprint density at radius 3 is 2.79 bits per heavy atom. The molecule has 0 aliphatic carbocycles. The number of halogens is 1. The highest BCUT2D eigenvalue weighted by Gasteiger charge is 2.21. The number of amides is 1. The molecule has 9 heteroatoms. The van der Waals surface area contributed by atoms with Crippen LogP contribution in [0.5, 0.6) is 0 Å². The second-order valence-electron chi connectivity index (χ2n) is 6.01. The fraction of sp³-hybridized carbons (Fsp3) is 0.316. The lowest BCUT2D eigenvalue weighted by Gasteiger charge is -2.13. The zero-order valence-corrected chi connectivity index (χ0v) is 17.2. The fourth-order valence-corrected chi connectivity index (χ4v) is 3.54. The van der Waals surface area contributed by atoms with Crippen molar-refractivity contribution in [1.82, 2.24) is 20.1 Å². The predicted octanol–water partition coefficient (Wildman–Crippen LogP) is 3.63. The molecule has 0 unspecified atom stereocenters. The first-order valence-corrected chi connectivity index (χ1v) is 9.99.